The highest BCUT2D eigenvalue weighted by molar-refractivity contribution is 5.40. The second-order valence-electron chi connectivity index (χ2n) is 7.80. The fourth-order valence-electron chi connectivity index (χ4n) is 2.75. The van der Waals surface area contributed by atoms with E-state index in [1.54, 1.807) is 0 Å². The summed E-state index contributed by atoms with van der Waals surface area (Å²) in [7, 11) is 0. The van der Waals surface area contributed by atoms with E-state index in [9.17, 15) is 5.11 Å². The summed E-state index contributed by atoms with van der Waals surface area (Å²) in [6, 6.07) is 6.12. The molecule has 1 aromatic rings. The summed E-state index contributed by atoms with van der Waals surface area (Å²) >= 11 is 0. The van der Waals surface area contributed by atoms with Gasteiger partial charge in [0.25, 0.3) is 0 Å². The van der Waals surface area contributed by atoms with Crippen LogP contribution in [0.15, 0.2) is 18.2 Å². The van der Waals surface area contributed by atoms with Crippen molar-refractivity contribution in [2.45, 2.75) is 85.0 Å². The van der Waals surface area contributed by atoms with Gasteiger partial charge in [-0.1, -0.05) is 78.9 Å². The summed E-state index contributed by atoms with van der Waals surface area (Å²) < 4.78 is 0. The van der Waals surface area contributed by atoms with Crippen molar-refractivity contribution >= 4 is 0 Å². The van der Waals surface area contributed by atoms with Gasteiger partial charge in [0.1, 0.15) is 5.75 Å². The van der Waals surface area contributed by atoms with Crippen LogP contribution < -0.4 is 0 Å². The SMILES string of the molecule is CC(C)CCCCCCCc1ccc(O)c(C(C)(C)C)c1. The van der Waals surface area contributed by atoms with Crippen LogP contribution in [0.25, 0.3) is 0 Å². The number of aromatic hydroxyl groups is 1. The molecule has 0 aliphatic rings. The van der Waals surface area contributed by atoms with Crippen LogP contribution in [-0.2, 0) is 11.8 Å². The molecule has 0 saturated carbocycles. The summed E-state index contributed by atoms with van der Waals surface area (Å²) in [5.41, 5.74) is 2.44. The number of aryl methyl sites for hydroxylation is 1. The molecule has 0 aliphatic carbocycles. The second kappa shape index (κ2) is 8.46. The molecule has 1 heteroatoms. The Kier molecular flexibility index (Phi) is 7.28. The first-order valence-corrected chi connectivity index (χ1v) is 8.63. The molecule has 0 radical (unpaired) electrons. The van der Waals surface area contributed by atoms with Crippen molar-refractivity contribution in [2.24, 2.45) is 5.92 Å². The molecule has 0 amide bonds. The average Bonchev–Trinajstić information content (AvgIpc) is 2.37. The van der Waals surface area contributed by atoms with E-state index in [-0.39, 0.29) is 5.41 Å². The van der Waals surface area contributed by atoms with Crippen molar-refractivity contribution in [2.75, 3.05) is 0 Å². The second-order valence-corrected chi connectivity index (χ2v) is 7.80. The average molecular weight is 290 g/mol. The van der Waals surface area contributed by atoms with Crippen LogP contribution in [0.4, 0.5) is 0 Å². The Morgan fingerprint density at radius 3 is 2.19 bits per heavy atom. The number of rotatable bonds is 8. The number of hydrogen-bond acceptors (Lipinski definition) is 1. The lowest BCUT2D eigenvalue weighted by atomic mass is 9.85. The highest BCUT2D eigenvalue weighted by Gasteiger charge is 2.18. The molecular formula is C20H34O. The van der Waals surface area contributed by atoms with Crippen LogP contribution >= 0.6 is 0 Å². The van der Waals surface area contributed by atoms with Crippen molar-refractivity contribution in [1.82, 2.24) is 0 Å². The zero-order valence-corrected chi connectivity index (χ0v) is 14.7. The molecule has 0 unspecified atom stereocenters. The van der Waals surface area contributed by atoms with E-state index in [1.807, 2.05) is 6.07 Å². The predicted molar refractivity (Wildman–Crippen MR) is 93.1 cm³/mol. The van der Waals surface area contributed by atoms with Crippen LogP contribution in [0.2, 0.25) is 0 Å². The molecule has 0 heterocycles. The van der Waals surface area contributed by atoms with Gasteiger partial charge in [0.05, 0.1) is 0 Å². The largest absolute Gasteiger partial charge is 0.508 e. The molecule has 0 spiro atoms. The van der Waals surface area contributed by atoms with E-state index < -0.39 is 0 Å². The molecule has 21 heavy (non-hydrogen) atoms. The molecule has 0 aliphatic heterocycles. The number of unbranched alkanes of at least 4 members (excludes halogenated alkanes) is 4. The normalized spacial score (nSPS) is 12.1. The van der Waals surface area contributed by atoms with Gasteiger partial charge >= 0.3 is 0 Å². The number of phenols is 1. The van der Waals surface area contributed by atoms with Crippen LogP contribution in [0.1, 0.15) is 84.3 Å². The van der Waals surface area contributed by atoms with Crippen LogP contribution in [-0.4, -0.2) is 5.11 Å². The molecule has 0 saturated heterocycles. The molecule has 0 fully saturated rings. The topological polar surface area (TPSA) is 20.2 Å². The van der Waals surface area contributed by atoms with Crippen molar-refractivity contribution in [3.63, 3.8) is 0 Å². The molecule has 0 atom stereocenters. The van der Waals surface area contributed by atoms with E-state index in [1.165, 1.54) is 44.1 Å². The Labute approximate surface area is 131 Å². The summed E-state index contributed by atoms with van der Waals surface area (Å²) in [4.78, 5) is 0. The smallest absolute Gasteiger partial charge is 0.119 e. The van der Waals surface area contributed by atoms with E-state index in [2.05, 4.69) is 46.8 Å². The van der Waals surface area contributed by atoms with E-state index in [0.717, 1.165) is 17.9 Å². The fraction of sp³-hybridized carbons (Fsp3) is 0.700. The number of phenolic OH excluding ortho intramolecular Hbond substituents is 1. The monoisotopic (exact) mass is 290 g/mol. The lowest BCUT2D eigenvalue weighted by Gasteiger charge is -2.21. The Balaban J connectivity index is 2.33. The predicted octanol–water partition coefficient (Wildman–Crippen LogP) is 6.23. The molecule has 1 rings (SSSR count). The lowest BCUT2D eigenvalue weighted by molar-refractivity contribution is 0.446. The molecule has 0 aromatic heterocycles. The van der Waals surface area contributed by atoms with Crippen LogP contribution in [0.5, 0.6) is 5.75 Å². The lowest BCUT2D eigenvalue weighted by Crippen LogP contribution is -2.11. The van der Waals surface area contributed by atoms with Gasteiger partial charge in [-0.3, -0.25) is 0 Å². The minimum absolute atomic E-state index is 0.0109. The Morgan fingerprint density at radius 2 is 1.57 bits per heavy atom. The van der Waals surface area contributed by atoms with Crippen molar-refractivity contribution in [3.8, 4) is 5.75 Å². The van der Waals surface area contributed by atoms with Crippen LogP contribution in [0.3, 0.4) is 0 Å². The maximum Gasteiger partial charge on any atom is 0.119 e. The van der Waals surface area contributed by atoms with Gasteiger partial charge in [0.15, 0.2) is 0 Å². The van der Waals surface area contributed by atoms with E-state index in [4.69, 9.17) is 0 Å². The summed E-state index contributed by atoms with van der Waals surface area (Å²) in [5.74, 6) is 1.28. The van der Waals surface area contributed by atoms with Crippen molar-refractivity contribution < 1.29 is 5.11 Å². The molecule has 1 aromatic carbocycles. The molecule has 1 N–H and O–H groups in total. The van der Waals surface area contributed by atoms with Gasteiger partial charge in [0.2, 0.25) is 0 Å². The Morgan fingerprint density at radius 1 is 0.952 bits per heavy atom. The van der Waals surface area contributed by atoms with Gasteiger partial charge in [-0.05, 0) is 41.4 Å². The van der Waals surface area contributed by atoms with Crippen LogP contribution in [0, 0.1) is 5.92 Å². The third kappa shape index (κ3) is 7.02. The van der Waals surface area contributed by atoms with Gasteiger partial charge in [-0.25, -0.2) is 0 Å². The minimum atomic E-state index is 0.0109. The number of benzene rings is 1. The van der Waals surface area contributed by atoms with Gasteiger partial charge < -0.3 is 5.11 Å². The maximum absolute atomic E-state index is 9.98. The van der Waals surface area contributed by atoms with Gasteiger partial charge in [-0.2, -0.15) is 0 Å². The fourth-order valence-corrected chi connectivity index (χ4v) is 2.75. The first kappa shape index (κ1) is 18.1. The zero-order chi connectivity index (χ0) is 15.9. The van der Waals surface area contributed by atoms with Gasteiger partial charge in [0, 0.05) is 0 Å². The molecule has 120 valence electrons. The number of hydrogen-bond donors (Lipinski definition) is 1. The summed E-state index contributed by atoms with van der Waals surface area (Å²) in [6.45, 7) is 11.1. The Bertz CT molecular complexity index is 412. The van der Waals surface area contributed by atoms with Crippen molar-refractivity contribution in [3.05, 3.63) is 29.3 Å². The highest BCUT2D eigenvalue weighted by atomic mass is 16.3. The standard InChI is InChI=1S/C20H34O/c1-16(2)11-9-7-6-8-10-12-17-13-14-19(21)18(15-17)20(3,4)5/h13-16,21H,6-12H2,1-5H3. The quantitative estimate of drug-likeness (QED) is 0.563. The molecule has 0 bridgehead atoms. The third-order valence-electron chi connectivity index (χ3n) is 4.12. The van der Waals surface area contributed by atoms with Crippen molar-refractivity contribution in [1.29, 1.82) is 0 Å². The Hall–Kier alpha value is -0.980. The maximum atomic E-state index is 9.98. The van der Waals surface area contributed by atoms with E-state index >= 15 is 0 Å². The zero-order valence-electron chi connectivity index (χ0n) is 14.7. The third-order valence-corrected chi connectivity index (χ3v) is 4.12. The first-order valence-electron chi connectivity index (χ1n) is 8.63. The molecule has 1 nitrogen and oxygen atoms in total. The molecular weight excluding hydrogens is 256 g/mol. The summed E-state index contributed by atoms with van der Waals surface area (Å²) in [5, 5.41) is 9.98. The minimum Gasteiger partial charge on any atom is -0.508 e. The highest BCUT2D eigenvalue weighted by Crippen LogP contribution is 2.31. The first-order chi connectivity index (χ1) is 9.80. The van der Waals surface area contributed by atoms with Gasteiger partial charge in [-0.15, -0.1) is 0 Å². The van der Waals surface area contributed by atoms with E-state index in [0.29, 0.717) is 5.75 Å². The summed E-state index contributed by atoms with van der Waals surface area (Å²) in [6.07, 6.45) is 9.20.